The second-order valence-electron chi connectivity index (χ2n) is 5.86. The Bertz CT molecular complexity index is 540. The summed E-state index contributed by atoms with van der Waals surface area (Å²) in [6, 6.07) is 1.99. The van der Waals surface area contributed by atoms with Gasteiger partial charge in [-0.2, -0.15) is 0 Å². The highest BCUT2D eigenvalue weighted by Gasteiger charge is 2.43. The summed E-state index contributed by atoms with van der Waals surface area (Å²) in [5.74, 6) is 0.326. The van der Waals surface area contributed by atoms with Gasteiger partial charge in [0.2, 0.25) is 5.91 Å². The van der Waals surface area contributed by atoms with E-state index < -0.39 is 0 Å². The highest BCUT2D eigenvalue weighted by Crippen LogP contribution is 2.38. The van der Waals surface area contributed by atoms with Gasteiger partial charge in [0.05, 0.1) is 10.3 Å². The Balaban J connectivity index is 1.73. The van der Waals surface area contributed by atoms with E-state index in [9.17, 15) is 9.59 Å². The molecule has 0 aliphatic carbocycles. The molecule has 0 radical (unpaired) electrons. The van der Waals surface area contributed by atoms with Gasteiger partial charge in [-0.1, -0.05) is 0 Å². The van der Waals surface area contributed by atoms with E-state index in [2.05, 4.69) is 5.32 Å². The molecule has 2 aliphatic rings. The van der Waals surface area contributed by atoms with Gasteiger partial charge < -0.3 is 10.2 Å². The van der Waals surface area contributed by atoms with Crippen LogP contribution >= 0.6 is 11.3 Å². The number of nitrogens with zero attached hydrogens (tertiary/aromatic N) is 1. The molecule has 5 heteroatoms. The van der Waals surface area contributed by atoms with Gasteiger partial charge in [-0.25, -0.2) is 0 Å². The van der Waals surface area contributed by atoms with Crippen LogP contribution in [-0.4, -0.2) is 36.3 Å². The minimum absolute atomic E-state index is 0.132. The molecule has 1 aromatic heterocycles. The van der Waals surface area contributed by atoms with Crippen LogP contribution in [0.5, 0.6) is 0 Å². The van der Waals surface area contributed by atoms with Gasteiger partial charge in [-0.15, -0.1) is 11.3 Å². The fourth-order valence-electron chi connectivity index (χ4n) is 3.33. The van der Waals surface area contributed by atoms with Crippen LogP contribution in [0.3, 0.4) is 0 Å². The Morgan fingerprint density at radius 1 is 1.35 bits per heavy atom. The standard InChI is InChI=1S/C15H20N2O2S/c1-11-3-10-20-12(11)13(18)17-8-2-4-15(6-9-17)5-7-16-14(15)19/h3,10H,2,4-9H2,1H3,(H,16,19)/t15-/m1/s1. The Kier molecular flexibility index (Phi) is 3.54. The number of nitrogens with one attached hydrogen (secondary N) is 1. The fraction of sp³-hybridized carbons (Fsp3) is 0.600. The van der Waals surface area contributed by atoms with Gasteiger partial charge in [0.1, 0.15) is 0 Å². The topological polar surface area (TPSA) is 49.4 Å². The first-order valence-electron chi connectivity index (χ1n) is 7.24. The van der Waals surface area contributed by atoms with Gasteiger partial charge in [0, 0.05) is 19.6 Å². The Morgan fingerprint density at radius 2 is 2.20 bits per heavy atom. The van der Waals surface area contributed by atoms with Crippen molar-refractivity contribution in [1.82, 2.24) is 10.2 Å². The zero-order valence-electron chi connectivity index (χ0n) is 11.8. The second-order valence-corrected chi connectivity index (χ2v) is 6.78. The molecule has 1 N–H and O–H groups in total. The smallest absolute Gasteiger partial charge is 0.264 e. The number of rotatable bonds is 1. The zero-order valence-corrected chi connectivity index (χ0v) is 12.6. The summed E-state index contributed by atoms with van der Waals surface area (Å²) in [4.78, 5) is 27.4. The molecule has 0 aromatic carbocycles. The lowest BCUT2D eigenvalue weighted by Gasteiger charge is -2.24. The third kappa shape index (κ3) is 2.24. The van der Waals surface area contributed by atoms with Crippen molar-refractivity contribution in [3.63, 3.8) is 0 Å². The average molecular weight is 292 g/mol. The minimum atomic E-state index is -0.209. The summed E-state index contributed by atoms with van der Waals surface area (Å²) < 4.78 is 0. The van der Waals surface area contributed by atoms with E-state index in [1.807, 2.05) is 23.3 Å². The quantitative estimate of drug-likeness (QED) is 0.862. The van der Waals surface area contributed by atoms with Crippen LogP contribution in [-0.2, 0) is 4.79 Å². The van der Waals surface area contributed by atoms with Crippen molar-refractivity contribution < 1.29 is 9.59 Å². The van der Waals surface area contributed by atoms with Crippen LogP contribution in [0.25, 0.3) is 0 Å². The van der Waals surface area contributed by atoms with Crippen molar-refractivity contribution in [1.29, 1.82) is 0 Å². The average Bonchev–Trinajstić information content (AvgIpc) is 2.92. The molecule has 1 spiro atoms. The summed E-state index contributed by atoms with van der Waals surface area (Å²) in [5, 5.41) is 4.91. The molecule has 2 saturated heterocycles. The number of carbonyl (C=O) groups is 2. The number of thiophene rings is 1. The van der Waals surface area contributed by atoms with Crippen LogP contribution < -0.4 is 5.32 Å². The first-order valence-corrected chi connectivity index (χ1v) is 8.12. The SMILES string of the molecule is Cc1ccsc1C(=O)N1CCC[C@@]2(CCNC2=O)CC1. The van der Waals surface area contributed by atoms with Gasteiger partial charge in [0.15, 0.2) is 0 Å². The molecule has 3 heterocycles. The summed E-state index contributed by atoms with van der Waals surface area (Å²) in [6.07, 6.45) is 3.55. The van der Waals surface area contributed by atoms with Gasteiger partial charge in [-0.05, 0) is 49.6 Å². The van der Waals surface area contributed by atoms with Crippen LogP contribution in [0, 0.1) is 12.3 Å². The second kappa shape index (κ2) is 5.20. The zero-order chi connectivity index (χ0) is 14.2. The van der Waals surface area contributed by atoms with E-state index in [-0.39, 0.29) is 17.2 Å². The van der Waals surface area contributed by atoms with E-state index in [1.54, 1.807) is 0 Å². The molecule has 3 rings (SSSR count). The Labute approximate surface area is 123 Å². The highest BCUT2D eigenvalue weighted by molar-refractivity contribution is 7.12. The van der Waals surface area contributed by atoms with Crippen molar-refractivity contribution in [2.45, 2.75) is 32.6 Å². The predicted octanol–water partition coefficient (Wildman–Crippen LogP) is 2.19. The molecule has 2 fully saturated rings. The highest BCUT2D eigenvalue weighted by atomic mass is 32.1. The van der Waals surface area contributed by atoms with Gasteiger partial charge >= 0.3 is 0 Å². The molecule has 4 nitrogen and oxygen atoms in total. The Hall–Kier alpha value is -1.36. The molecule has 2 amide bonds. The predicted molar refractivity (Wildman–Crippen MR) is 78.9 cm³/mol. The number of amides is 2. The lowest BCUT2D eigenvalue weighted by atomic mass is 9.79. The fourth-order valence-corrected chi connectivity index (χ4v) is 4.22. The number of likely N-dealkylation sites (tertiary alicyclic amines) is 1. The summed E-state index contributed by atoms with van der Waals surface area (Å²) in [6.45, 7) is 4.24. The van der Waals surface area contributed by atoms with Crippen LogP contribution in [0.2, 0.25) is 0 Å². The summed E-state index contributed by atoms with van der Waals surface area (Å²) in [5.41, 5.74) is 0.845. The van der Waals surface area contributed by atoms with E-state index >= 15 is 0 Å². The molecule has 0 unspecified atom stereocenters. The van der Waals surface area contributed by atoms with Crippen LogP contribution in [0.4, 0.5) is 0 Å². The van der Waals surface area contributed by atoms with Gasteiger partial charge in [-0.3, -0.25) is 9.59 Å². The monoisotopic (exact) mass is 292 g/mol. The van der Waals surface area contributed by atoms with Crippen LogP contribution in [0.1, 0.15) is 40.9 Å². The first kappa shape index (κ1) is 13.6. The van der Waals surface area contributed by atoms with Crippen LogP contribution in [0.15, 0.2) is 11.4 Å². The molecule has 1 aromatic rings. The molecule has 20 heavy (non-hydrogen) atoms. The lowest BCUT2D eigenvalue weighted by molar-refractivity contribution is -0.128. The third-order valence-electron chi connectivity index (χ3n) is 4.66. The van der Waals surface area contributed by atoms with Crippen molar-refractivity contribution in [3.8, 4) is 0 Å². The van der Waals surface area contributed by atoms with Gasteiger partial charge in [0.25, 0.3) is 5.91 Å². The van der Waals surface area contributed by atoms with E-state index in [0.717, 1.165) is 49.2 Å². The maximum absolute atomic E-state index is 12.6. The maximum Gasteiger partial charge on any atom is 0.264 e. The largest absolute Gasteiger partial charge is 0.356 e. The lowest BCUT2D eigenvalue weighted by Crippen LogP contribution is -2.35. The molecular formula is C15H20N2O2S. The third-order valence-corrected chi connectivity index (χ3v) is 5.66. The molecule has 0 saturated carbocycles. The Morgan fingerprint density at radius 3 is 2.85 bits per heavy atom. The maximum atomic E-state index is 12.6. The number of hydrogen-bond donors (Lipinski definition) is 1. The first-order chi connectivity index (χ1) is 9.62. The minimum Gasteiger partial charge on any atom is -0.356 e. The van der Waals surface area contributed by atoms with E-state index in [0.29, 0.717) is 6.54 Å². The molecule has 2 aliphatic heterocycles. The normalized spacial score (nSPS) is 26.6. The summed E-state index contributed by atoms with van der Waals surface area (Å²) in [7, 11) is 0. The number of carbonyl (C=O) groups excluding carboxylic acids is 2. The molecular weight excluding hydrogens is 272 g/mol. The van der Waals surface area contributed by atoms with Crippen molar-refractivity contribution in [3.05, 3.63) is 21.9 Å². The van der Waals surface area contributed by atoms with Crippen molar-refractivity contribution in [2.24, 2.45) is 5.41 Å². The van der Waals surface area contributed by atoms with E-state index in [4.69, 9.17) is 0 Å². The number of hydrogen-bond acceptors (Lipinski definition) is 3. The van der Waals surface area contributed by atoms with E-state index in [1.165, 1.54) is 11.3 Å². The number of aryl methyl sites for hydroxylation is 1. The summed E-state index contributed by atoms with van der Waals surface area (Å²) >= 11 is 1.51. The van der Waals surface area contributed by atoms with Crippen molar-refractivity contribution in [2.75, 3.05) is 19.6 Å². The molecule has 108 valence electrons. The van der Waals surface area contributed by atoms with Crippen molar-refractivity contribution >= 4 is 23.2 Å². The molecule has 1 atom stereocenters. The molecule has 0 bridgehead atoms.